The van der Waals surface area contributed by atoms with Crippen molar-refractivity contribution in [3.8, 4) is 11.3 Å². The lowest BCUT2D eigenvalue weighted by molar-refractivity contribution is 0.581. The number of hydrogen-bond acceptors (Lipinski definition) is 4. The number of H-pyrrole nitrogens is 1. The topological polar surface area (TPSA) is 74.8 Å². The van der Waals surface area contributed by atoms with Gasteiger partial charge in [-0.3, -0.25) is 5.10 Å². The molecule has 0 aliphatic rings. The van der Waals surface area contributed by atoms with Gasteiger partial charge in [-0.2, -0.15) is 5.10 Å². The van der Waals surface area contributed by atoms with E-state index in [-0.39, 0.29) is 6.54 Å². The summed E-state index contributed by atoms with van der Waals surface area (Å²) in [6.07, 6.45) is 0. The lowest BCUT2D eigenvalue weighted by Gasteiger charge is -2.09. The third kappa shape index (κ3) is 3.68. The number of thiophene rings is 1. The fourth-order valence-electron chi connectivity index (χ4n) is 2.79. The lowest BCUT2D eigenvalue weighted by Crippen LogP contribution is -2.24. The average molecular weight is 376 g/mol. The Balaban J connectivity index is 1.95. The summed E-state index contributed by atoms with van der Waals surface area (Å²) in [5, 5.41) is 7.14. The van der Waals surface area contributed by atoms with Gasteiger partial charge in [0.15, 0.2) is 0 Å². The van der Waals surface area contributed by atoms with Crippen molar-refractivity contribution in [1.29, 1.82) is 0 Å². The zero-order valence-electron chi connectivity index (χ0n) is 14.7. The molecule has 1 aromatic carbocycles. The molecule has 0 radical (unpaired) electrons. The summed E-state index contributed by atoms with van der Waals surface area (Å²) in [6, 6.07) is 9.68. The summed E-state index contributed by atoms with van der Waals surface area (Å²) in [5.41, 5.74) is 4.32. The quantitative estimate of drug-likeness (QED) is 0.711. The van der Waals surface area contributed by atoms with Crippen molar-refractivity contribution in [2.75, 3.05) is 0 Å². The fraction of sp³-hybridized carbons (Fsp3) is 0.278. The molecule has 0 saturated heterocycles. The van der Waals surface area contributed by atoms with Crippen LogP contribution >= 0.6 is 11.3 Å². The van der Waals surface area contributed by atoms with E-state index < -0.39 is 10.0 Å². The van der Waals surface area contributed by atoms with Crippen LogP contribution in [0.3, 0.4) is 0 Å². The molecule has 0 aliphatic carbocycles. The summed E-state index contributed by atoms with van der Waals surface area (Å²) >= 11 is 1.48. The summed E-state index contributed by atoms with van der Waals surface area (Å²) in [5.74, 6) is 0. The molecule has 0 aliphatic heterocycles. The van der Waals surface area contributed by atoms with E-state index in [1.807, 2.05) is 58.0 Å². The maximum Gasteiger partial charge on any atom is 0.242 e. The highest BCUT2D eigenvalue weighted by Crippen LogP contribution is 2.38. The van der Waals surface area contributed by atoms with Gasteiger partial charge in [0.1, 0.15) is 4.90 Å². The van der Waals surface area contributed by atoms with Crippen LogP contribution in [-0.4, -0.2) is 18.6 Å². The second-order valence-electron chi connectivity index (χ2n) is 6.16. The van der Waals surface area contributed by atoms with Crippen molar-refractivity contribution in [2.24, 2.45) is 0 Å². The molecular formula is C18H21N3O2S2. The van der Waals surface area contributed by atoms with Gasteiger partial charge in [0.2, 0.25) is 10.0 Å². The zero-order valence-corrected chi connectivity index (χ0v) is 16.3. The Kier molecular flexibility index (Phi) is 4.81. The van der Waals surface area contributed by atoms with Gasteiger partial charge in [0.05, 0.1) is 5.69 Å². The number of aromatic nitrogens is 2. The first kappa shape index (κ1) is 17.8. The van der Waals surface area contributed by atoms with Crippen molar-refractivity contribution in [2.45, 2.75) is 39.1 Å². The maximum atomic E-state index is 13.0. The second-order valence-corrected chi connectivity index (χ2v) is 9.30. The van der Waals surface area contributed by atoms with E-state index in [1.54, 1.807) is 0 Å². The van der Waals surface area contributed by atoms with Crippen LogP contribution in [0.15, 0.2) is 35.2 Å². The van der Waals surface area contributed by atoms with Gasteiger partial charge in [-0.15, -0.1) is 11.3 Å². The summed E-state index contributed by atoms with van der Waals surface area (Å²) in [7, 11) is -3.64. The van der Waals surface area contributed by atoms with Gasteiger partial charge in [-0.05, 0) is 39.3 Å². The summed E-state index contributed by atoms with van der Waals surface area (Å²) in [4.78, 5) is 2.04. The number of aryl methyl sites for hydroxylation is 4. The average Bonchev–Trinajstić information content (AvgIpc) is 3.09. The molecule has 3 rings (SSSR count). The molecule has 0 spiro atoms. The van der Waals surface area contributed by atoms with E-state index >= 15 is 0 Å². The molecule has 0 unspecified atom stereocenters. The standard InChI is InChI=1S/C18H21N3O2S2/c1-11-5-7-15(8-6-11)10-19-25(22,23)18-14(4)24-13(3)17(18)16-9-12(2)20-21-16/h5-9,19H,10H2,1-4H3,(H,20,21). The van der Waals surface area contributed by atoms with Crippen LogP contribution in [0.4, 0.5) is 0 Å². The molecule has 0 atom stereocenters. The minimum absolute atomic E-state index is 0.260. The van der Waals surface area contributed by atoms with E-state index in [1.165, 1.54) is 11.3 Å². The molecular weight excluding hydrogens is 354 g/mol. The molecule has 25 heavy (non-hydrogen) atoms. The van der Waals surface area contributed by atoms with Gasteiger partial charge in [0.25, 0.3) is 0 Å². The molecule has 0 bridgehead atoms. The highest BCUT2D eigenvalue weighted by molar-refractivity contribution is 7.89. The van der Waals surface area contributed by atoms with Crippen molar-refractivity contribution in [3.63, 3.8) is 0 Å². The molecule has 5 nitrogen and oxygen atoms in total. The molecule has 2 heterocycles. The zero-order chi connectivity index (χ0) is 18.2. The van der Waals surface area contributed by atoms with Gasteiger partial charge < -0.3 is 0 Å². The minimum Gasteiger partial charge on any atom is -0.282 e. The molecule has 7 heteroatoms. The van der Waals surface area contributed by atoms with Gasteiger partial charge >= 0.3 is 0 Å². The monoisotopic (exact) mass is 375 g/mol. The fourth-order valence-corrected chi connectivity index (χ4v) is 5.67. The highest BCUT2D eigenvalue weighted by atomic mass is 32.2. The molecule has 0 amide bonds. The van der Waals surface area contributed by atoms with Gasteiger partial charge in [-0.25, -0.2) is 13.1 Å². The summed E-state index contributed by atoms with van der Waals surface area (Å²) < 4.78 is 28.7. The van der Waals surface area contributed by atoms with Gasteiger partial charge in [-0.1, -0.05) is 29.8 Å². The Morgan fingerprint density at radius 3 is 2.36 bits per heavy atom. The number of rotatable bonds is 5. The molecule has 0 fully saturated rings. The van der Waals surface area contributed by atoms with E-state index in [2.05, 4.69) is 14.9 Å². The van der Waals surface area contributed by atoms with Crippen LogP contribution in [0, 0.1) is 27.7 Å². The molecule has 2 N–H and O–H groups in total. The maximum absolute atomic E-state index is 13.0. The largest absolute Gasteiger partial charge is 0.282 e. The molecule has 3 aromatic rings. The normalized spacial score (nSPS) is 11.8. The van der Waals surface area contributed by atoms with Crippen LogP contribution in [0.25, 0.3) is 11.3 Å². The minimum atomic E-state index is -3.64. The van der Waals surface area contributed by atoms with Crippen molar-refractivity contribution in [1.82, 2.24) is 14.9 Å². The Hall–Kier alpha value is -1.96. The first-order chi connectivity index (χ1) is 11.8. The predicted octanol–water partition coefficient (Wildman–Crippen LogP) is 3.85. The van der Waals surface area contributed by atoms with E-state index in [0.29, 0.717) is 16.2 Å². The van der Waals surface area contributed by atoms with Crippen LogP contribution in [0.5, 0.6) is 0 Å². The first-order valence-corrected chi connectivity index (χ1v) is 10.3. The van der Waals surface area contributed by atoms with Crippen LogP contribution in [0.2, 0.25) is 0 Å². The SMILES string of the molecule is Cc1ccc(CNS(=O)(=O)c2c(C)sc(C)c2-c2cc(C)[nH]n2)cc1. The lowest BCUT2D eigenvalue weighted by atomic mass is 10.2. The van der Waals surface area contributed by atoms with Crippen LogP contribution < -0.4 is 4.72 Å². The number of nitrogens with zero attached hydrogens (tertiary/aromatic N) is 1. The number of benzene rings is 1. The Bertz CT molecular complexity index is 1000. The second kappa shape index (κ2) is 6.74. The number of hydrogen-bond donors (Lipinski definition) is 2. The number of sulfonamides is 1. The van der Waals surface area contributed by atoms with E-state index in [9.17, 15) is 8.42 Å². The van der Waals surface area contributed by atoms with E-state index in [0.717, 1.165) is 26.6 Å². The van der Waals surface area contributed by atoms with Crippen molar-refractivity contribution < 1.29 is 8.42 Å². The third-order valence-corrected chi connectivity index (χ3v) is 6.74. The van der Waals surface area contributed by atoms with Gasteiger partial charge in [0, 0.05) is 27.6 Å². The smallest absolute Gasteiger partial charge is 0.242 e. The van der Waals surface area contributed by atoms with Crippen LogP contribution in [-0.2, 0) is 16.6 Å². The predicted molar refractivity (Wildman–Crippen MR) is 101 cm³/mol. The first-order valence-electron chi connectivity index (χ1n) is 7.95. The highest BCUT2D eigenvalue weighted by Gasteiger charge is 2.27. The van der Waals surface area contributed by atoms with Crippen LogP contribution in [0.1, 0.15) is 26.6 Å². The Morgan fingerprint density at radius 2 is 1.76 bits per heavy atom. The third-order valence-electron chi connectivity index (χ3n) is 4.02. The van der Waals surface area contributed by atoms with Crippen molar-refractivity contribution in [3.05, 3.63) is 56.9 Å². The number of nitrogens with one attached hydrogen (secondary N) is 2. The molecule has 132 valence electrons. The molecule has 0 saturated carbocycles. The van der Waals surface area contributed by atoms with Crippen molar-refractivity contribution >= 4 is 21.4 Å². The Morgan fingerprint density at radius 1 is 1.08 bits per heavy atom. The Labute approximate surface area is 152 Å². The summed E-state index contributed by atoms with van der Waals surface area (Å²) in [6.45, 7) is 7.92. The molecule has 2 aromatic heterocycles. The van der Waals surface area contributed by atoms with E-state index in [4.69, 9.17) is 0 Å². The number of aromatic amines is 1.